The molecule has 1 heterocycles. The smallest absolute Gasteiger partial charge is 0.219 e. The minimum atomic E-state index is -0.220. The number of carbonyl (C=O) groups is 1. The highest BCUT2D eigenvalue weighted by Crippen LogP contribution is 2.23. The van der Waals surface area contributed by atoms with E-state index < -0.39 is 0 Å². The summed E-state index contributed by atoms with van der Waals surface area (Å²) in [7, 11) is 0. The summed E-state index contributed by atoms with van der Waals surface area (Å²) in [5.41, 5.74) is 1.49. The molecule has 2 unspecified atom stereocenters. The van der Waals surface area contributed by atoms with Crippen molar-refractivity contribution < 1.29 is 4.79 Å². The lowest BCUT2D eigenvalue weighted by molar-refractivity contribution is 0.109. The van der Waals surface area contributed by atoms with Gasteiger partial charge in [-0.3, -0.25) is 9.48 Å². The van der Waals surface area contributed by atoms with Crippen LogP contribution in [0.3, 0.4) is 0 Å². The van der Waals surface area contributed by atoms with Gasteiger partial charge in [0.2, 0.25) is 5.12 Å². The van der Waals surface area contributed by atoms with Gasteiger partial charge in [0.15, 0.2) is 0 Å². The Bertz CT molecular complexity index is 362. The van der Waals surface area contributed by atoms with E-state index in [4.69, 9.17) is 0 Å². The Kier molecular flexibility index (Phi) is 4.28. The standard InChI is InChI=1S/C10H16N2OS2/c1-6(8(3)15-4)12-7(2)9(5-11-12)10(13)14/h5-6,8H,1-4H3,(H,13,14). The van der Waals surface area contributed by atoms with Crippen LogP contribution in [0.15, 0.2) is 6.20 Å². The zero-order valence-electron chi connectivity index (χ0n) is 9.39. The first-order valence-electron chi connectivity index (χ1n) is 4.79. The molecule has 0 fully saturated rings. The summed E-state index contributed by atoms with van der Waals surface area (Å²) in [5.74, 6) is 0. The van der Waals surface area contributed by atoms with E-state index in [9.17, 15) is 4.79 Å². The first kappa shape index (κ1) is 12.6. The number of carbonyl (C=O) groups excluding carboxylic acids is 1. The summed E-state index contributed by atoms with van der Waals surface area (Å²) in [5, 5.41) is 4.48. The van der Waals surface area contributed by atoms with Crippen molar-refractivity contribution in [3.05, 3.63) is 17.5 Å². The molecule has 1 aromatic rings. The summed E-state index contributed by atoms with van der Waals surface area (Å²) < 4.78 is 1.89. The number of aromatic nitrogens is 2. The van der Waals surface area contributed by atoms with Crippen molar-refractivity contribution in [1.29, 1.82) is 0 Å². The van der Waals surface area contributed by atoms with E-state index in [0.29, 0.717) is 10.8 Å². The predicted octanol–water partition coefficient (Wildman–Crippen LogP) is 2.57. The second-order valence-electron chi connectivity index (χ2n) is 3.57. The molecule has 0 N–H and O–H groups in total. The normalized spacial score (nSPS) is 15.0. The highest BCUT2D eigenvalue weighted by Gasteiger charge is 2.18. The zero-order valence-corrected chi connectivity index (χ0v) is 11.1. The van der Waals surface area contributed by atoms with Crippen LogP contribution in [0.1, 0.15) is 35.9 Å². The fourth-order valence-electron chi connectivity index (χ4n) is 1.44. The molecule has 2 atom stereocenters. The Morgan fingerprint density at radius 1 is 1.60 bits per heavy atom. The van der Waals surface area contributed by atoms with Gasteiger partial charge in [-0.25, -0.2) is 0 Å². The molecular formula is C10H16N2OS2. The first-order chi connectivity index (χ1) is 6.99. The van der Waals surface area contributed by atoms with E-state index in [0.717, 1.165) is 5.69 Å². The SMILES string of the molecule is CSC(C)C(C)n1ncc(C(=O)S)c1C. The van der Waals surface area contributed by atoms with Gasteiger partial charge in [0, 0.05) is 10.9 Å². The van der Waals surface area contributed by atoms with E-state index in [2.05, 4.69) is 37.8 Å². The fourth-order valence-corrected chi connectivity index (χ4v) is 2.17. The lowest BCUT2D eigenvalue weighted by Gasteiger charge is -2.19. The molecule has 0 spiro atoms. The third-order valence-corrected chi connectivity index (χ3v) is 4.09. The van der Waals surface area contributed by atoms with Crippen LogP contribution in [0.4, 0.5) is 0 Å². The first-order valence-corrected chi connectivity index (χ1v) is 6.52. The molecule has 0 amide bonds. The average Bonchev–Trinajstić information content (AvgIpc) is 2.57. The molecule has 1 rings (SSSR count). The molecule has 0 bridgehead atoms. The third kappa shape index (κ3) is 2.58. The summed E-state index contributed by atoms with van der Waals surface area (Å²) in [6.07, 6.45) is 3.67. The van der Waals surface area contributed by atoms with Crippen LogP contribution < -0.4 is 0 Å². The van der Waals surface area contributed by atoms with Crippen molar-refractivity contribution in [3.8, 4) is 0 Å². The maximum absolute atomic E-state index is 11.1. The molecule has 0 aliphatic heterocycles. The van der Waals surface area contributed by atoms with E-state index in [1.165, 1.54) is 0 Å². The van der Waals surface area contributed by atoms with Crippen molar-refractivity contribution in [3.63, 3.8) is 0 Å². The second kappa shape index (κ2) is 5.07. The van der Waals surface area contributed by atoms with Crippen molar-refractivity contribution >= 4 is 29.5 Å². The zero-order chi connectivity index (χ0) is 11.6. The van der Waals surface area contributed by atoms with Crippen molar-refractivity contribution in [2.75, 3.05) is 6.26 Å². The van der Waals surface area contributed by atoms with Crippen LogP contribution in [0, 0.1) is 6.92 Å². The molecule has 0 aliphatic rings. The Labute approximate surface area is 100 Å². The van der Waals surface area contributed by atoms with E-state index in [1.807, 2.05) is 11.6 Å². The fraction of sp³-hybridized carbons (Fsp3) is 0.600. The van der Waals surface area contributed by atoms with Gasteiger partial charge >= 0.3 is 0 Å². The summed E-state index contributed by atoms with van der Waals surface area (Å²) in [6.45, 7) is 6.16. The number of thioether (sulfide) groups is 1. The third-order valence-electron chi connectivity index (χ3n) is 2.71. The molecule has 0 saturated heterocycles. The largest absolute Gasteiger partial charge is 0.282 e. The monoisotopic (exact) mass is 244 g/mol. The summed E-state index contributed by atoms with van der Waals surface area (Å²) in [4.78, 5) is 11.1. The van der Waals surface area contributed by atoms with Crippen molar-refractivity contribution in [2.45, 2.75) is 32.1 Å². The van der Waals surface area contributed by atoms with Crippen LogP contribution in [0.2, 0.25) is 0 Å². The van der Waals surface area contributed by atoms with Crippen LogP contribution in [0.25, 0.3) is 0 Å². The quantitative estimate of drug-likeness (QED) is 0.827. The summed E-state index contributed by atoms with van der Waals surface area (Å²) in [6, 6.07) is 0.279. The van der Waals surface area contributed by atoms with Gasteiger partial charge in [-0.05, 0) is 20.1 Å². The van der Waals surface area contributed by atoms with Crippen LogP contribution in [-0.2, 0) is 0 Å². The molecule has 1 aromatic heterocycles. The van der Waals surface area contributed by atoms with Gasteiger partial charge in [0.05, 0.1) is 17.8 Å². The highest BCUT2D eigenvalue weighted by atomic mass is 32.2. The number of rotatable bonds is 4. The van der Waals surface area contributed by atoms with Gasteiger partial charge in [-0.15, -0.1) is 12.6 Å². The van der Waals surface area contributed by atoms with Gasteiger partial charge in [0.1, 0.15) is 0 Å². The van der Waals surface area contributed by atoms with Gasteiger partial charge in [-0.2, -0.15) is 16.9 Å². The molecule has 3 nitrogen and oxygen atoms in total. The lowest BCUT2D eigenvalue weighted by atomic mass is 10.2. The molecule has 84 valence electrons. The summed E-state index contributed by atoms with van der Waals surface area (Å²) >= 11 is 5.61. The molecule has 0 aliphatic carbocycles. The van der Waals surface area contributed by atoms with Gasteiger partial charge in [-0.1, -0.05) is 6.92 Å². The van der Waals surface area contributed by atoms with E-state index in [-0.39, 0.29) is 11.2 Å². The number of hydrogen-bond acceptors (Lipinski definition) is 3. The topological polar surface area (TPSA) is 34.9 Å². The Morgan fingerprint density at radius 2 is 2.20 bits per heavy atom. The van der Waals surface area contributed by atoms with Crippen LogP contribution in [0.5, 0.6) is 0 Å². The van der Waals surface area contributed by atoms with Crippen LogP contribution in [-0.4, -0.2) is 26.4 Å². The highest BCUT2D eigenvalue weighted by molar-refractivity contribution is 7.99. The van der Waals surface area contributed by atoms with E-state index >= 15 is 0 Å². The molecular weight excluding hydrogens is 228 g/mol. The maximum atomic E-state index is 11.1. The Hall–Kier alpha value is -0.420. The molecule has 0 radical (unpaired) electrons. The molecule has 5 heteroatoms. The van der Waals surface area contributed by atoms with E-state index in [1.54, 1.807) is 18.0 Å². The number of nitrogens with zero attached hydrogens (tertiary/aromatic N) is 2. The minimum absolute atomic E-state index is 0.220. The average molecular weight is 244 g/mol. The molecule has 0 saturated carbocycles. The maximum Gasteiger partial charge on any atom is 0.219 e. The van der Waals surface area contributed by atoms with Gasteiger partial charge in [0.25, 0.3) is 0 Å². The lowest BCUT2D eigenvalue weighted by Crippen LogP contribution is -2.18. The second-order valence-corrected chi connectivity index (χ2v) is 5.20. The van der Waals surface area contributed by atoms with Crippen molar-refractivity contribution in [1.82, 2.24) is 9.78 Å². The predicted molar refractivity (Wildman–Crippen MR) is 68.0 cm³/mol. The molecule has 15 heavy (non-hydrogen) atoms. The molecule has 0 aromatic carbocycles. The Balaban J connectivity index is 3.01. The number of hydrogen-bond donors (Lipinski definition) is 1. The van der Waals surface area contributed by atoms with Gasteiger partial charge < -0.3 is 0 Å². The van der Waals surface area contributed by atoms with Crippen molar-refractivity contribution in [2.24, 2.45) is 0 Å². The van der Waals surface area contributed by atoms with Crippen LogP contribution >= 0.6 is 24.4 Å². The minimum Gasteiger partial charge on any atom is -0.282 e. The Morgan fingerprint density at radius 3 is 2.60 bits per heavy atom. The number of thiol groups is 1.